The molecule has 0 spiro atoms. The van der Waals surface area contributed by atoms with Gasteiger partial charge >= 0.3 is 0 Å². The van der Waals surface area contributed by atoms with Gasteiger partial charge in [0.2, 0.25) is 5.88 Å². The second-order valence-electron chi connectivity index (χ2n) is 7.00. The molecule has 2 aromatic rings. The van der Waals surface area contributed by atoms with Crippen molar-refractivity contribution in [2.45, 2.75) is 18.8 Å². The molecule has 5 nitrogen and oxygen atoms in total. The first-order chi connectivity index (χ1) is 14.1. The first-order valence-electron chi connectivity index (χ1n) is 9.44. The minimum absolute atomic E-state index is 0.176. The van der Waals surface area contributed by atoms with Gasteiger partial charge in [-0.05, 0) is 65.5 Å². The van der Waals surface area contributed by atoms with E-state index in [0.717, 1.165) is 52.4 Å². The third kappa shape index (κ3) is 3.45. The quantitative estimate of drug-likeness (QED) is 0.828. The fourth-order valence-electron chi connectivity index (χ4n) is 3.91. The molecule has 2 aromatic carbocycles. The van der Waals surface area contributed by atoms with Crippen LogP contribution in [0, 0.1) is 11.3 Å². The Kier molecular flexibility index (Phi) is 5.01. The number of hydrogen-bond acceptors (Lipinski definition) is 5. The lowest BCUT2D eigenvalue weighted by Gasteiger charge is -2.26. The van der Waals surface area contributed by atoms with Crippen molar-refractivity contribution < 1.29 is 14.2 Å². The Labute approximate surface area is 170 Å². The molecule has 0 aromatic heterocycles. The maximum Gasteiger partial charge on any atom is 0.205 e. The Hall–Kier alpha value is -3.65. The van der Waals surface area contributed by atoms with E-state index in [0.29, 0.717) is 5.57 Å². The summed E-state index contributed by atoms with van der Waals surface area (Å²) in [5, 5.41) is 9.72. The molecule has 0 amide bonds. The van der Waals surface area contributed by atoms with Crippen LogP contribution in [0.4, 0.5) is 0 Å². The highest BCUT2D eigenvalue weighted by molar-refractivity contribution is 5.64. The second-order valence-corrected chi connectivity index (χ2v) is 7.00. The van der Waals surface area contributed by atoms with Gasteiger partial charge in [0.15, 0.2) is 0 Å². The van der Waals surface area contributed by atoms with Crippen LogP contribution < -0.4 is 15.2 Å². The summed E-state index contributed by atoms with van der Waals surface area (Å²) in [4.78, 5) is 0. The molecule has 0 saturated heterocycles. The van der Waals surface area contributed by atoms with Gasteiger partial charge in [0.05, 0.1) is 14.2 Å². The van der Waals surface area contributed by atoms with Gasteiger partial charge in [-0.3, -0.25) is 0 Å². The van der Waals surface area contributed by atoms with E-state index < -0.39 is 0 Å². The SMILES string of the molecule is COc1ccc(/C=C2\CCC3=C2OC(N)=C(C#N)[C@H]3c2ccc(OC)cc2)cc1. The van der Waals surface area contributed by atoms with Crippen molar-refractivity contribution in [3.8, 4) is 17.6 Å². The number of benzene rings is 2. The average molecular weight is 386 g/mol. The summed E-state index contributed by atoms with van der Waals surface area (Å²) in [7, 11) is 3.29. The lowest BCUT2D eigenvalue weighted by atomic mass is 9.83. The summed E-state index contributed by atoms with van der Waals surface area (Å²) in [5.74, 6) is 2.36. The van der Waals surface area contributed by atoms with Gasteiger partial charge < -0.3 is 19.9 Å². The van der Waals surface area contributed by atoms with Gasteiger partial charge in [-0.25, -0.2) is 0 Å². The predicted octanol–water partition coefficient (Wildman–Crippen LogP) is 4.64. The van der Waals surface area contributed by atoms with Crippen LogP contribution in [0.15, 0.2) is 76.9 Å². The number of hydrogen-bond donors (Lipinski definition) is 1. The highest BCUT2D eigenvalue weighted by Gasteiger charge is 2.37. The molecule has 1 aliphatic heterocycles. The predicted molar refractivity (Wildman–Crippen MR) is 111 cm³/mol. The minimum Gasteiger partial charge on any atom is -0.497 e. The molecule has 29 heavy (non-hydrogen) atoms. The highest BCUT2D eigenvalue weighted by atomic mass is 16.5. The molecule has 1 heterocycles. The molecule has 0 radical (unpaired) electrons. The summed E-state index contributed by atoms with van der Waals surface area (Å²) < 4.78 is 16.4. The van der Waals surface area contributed by atoms with E-state index in [1.54, 1.807) is 14.2 Å². The number of ether oxygens (including phenoxy) is 3. The van der Waals surface area contributed by atoms with Crippen molar-refractivity contribution in [2.24, 2.45) is 5.73 Å². The summed E-state index contributed by atoms with van der Waals surface area (Å²) in [6.07, 6.45) is 3.78. The zero-order valence-corrected chi connectivity index (χ0v) is 16.4. The average Bonchev–Trinajstić information content (AvgIpc) is 3.15. The maximum absolute atomic E-state index is 9.72. The molecule has 1 atom stereocenters. The highest BCUT2D eigenvalue weighted by Crippen LogP contribution is 2.48. The lowest BCUT2D eigenvalue weighted by molar-refractivity contribution is 0.292. The first kappa shape index (κ1) is 18.7. The molecule has 0 bridgehead atoms. The number of rotatable bonds is 4. The number of nitrogens with zero attached hydrogens (tertiary/aromatic N) is 1. The number of nitrogens with two attached hydrogens (primary N) is 1. The van der Waals surface area contributed by atoms with Gasteiger partial charge in [0.1, 0.15) is 28.9 Å². The first-order valence-corrected chi connectivity index (χ1v) is 9.44. The summed E-state index contributed by atoms with van der Waals surface area (Å²) >= 11 is 0. The van der Waals surface area contributed by atoms with Crippen LogP contribution in [0.1, 0.15) is 29.9 Å². The van der Waals surface area contributed by atoms with Crippen molar-refractivity contribution in [3.63, 3.8) is 0 Å². The van der Waals surface area contributed by atoms with Crippen LogP contribution >= 0.6 is 0 Å². The van der Waals surface area contributed by atoms with Gasteiger partial charge in [-0.1, -0.05) is 24.3 Å². The van der Waals surface area contributed by atoms with Crippen molar-refractivity contribution in [2.75, 3.05) is 14.2 Å². The molecule has 5 heteroatoms. The van der Waals surface area contributed by atoms with E-state index in [1.165, 1.54) is 0 Å². The Morgan fingerprint density at radius 3 is 2.21 bits per heavy atom. The van der Waals surface area contributed by atoms with E-state index in [9.17, 15) is 5.26 Å². The Morgan fingerprint density at radius 2 is 1.62 bits per heavy atom. The van der Waals surface area contributed by atoms with Crippen LogP contribution in [-0.4, -0.2) is 14.2 Å². The van der Waals surface area contributed by atoms with Gasteiger partial charge in [0, 0.05) is 5.92 Å². The van der Waals surface area contributed by atoms with Gasteiger partial charge in [-0.15, -0.1) is 0 Å². The van der Waals surface area contributed by atoms with Crippen molar-refractivity contribution in [1.29, 1.82) is 5.26 Å². The molecule has 1 aliphatic carbocycles. The third-order valence-electron chi connectivity index (χ3n) is 5.39. The molecular formula is C24H22N2O3. The van der Waals surface area contributed by atoms with Crippen LogP contribution in [-0.2, 0) is 4.74 Å². The molecule has 2 N–H and O–H groups in total. The lowest BCUT2D eigenvalue weighted by Crippen LogP contribution is -2.19. The van der Waals surface area contributed by atoms with Crippen molar-refractivity contribution in [3.05, 3.63) is 88.0 Å². The Morgan fingerprint density at radius 1 is 1.00 bits per heavy atom. The molecule has 0 unspecified atom stereocenters. The van der Waals surface area contributed by atoms with Crippen LogP contribution in [0.3, 0.4) is 0 Å². The Bertz CT molecular complexity index is 1050. The monoisotopic (exact) mass is 386 g/mol. The zero-order valence-electron chi connectivity index (χ0n) is 16.4. The molecule has 4 rings (SSSR count). The third-order valence-corrected chi connectivity index (χ3v) is 5.39. The fourth-order valence-corrected chi connectivity index (χ4v) is 3.91. The summed E-state index contributed by atoms with van der Waals surface area (Å²) in [5.41, 5.74) is 10.9. The number of nitriles is 1. The largest absolute Gasteiger partial charge is 0.497 e. The molecule has 0 saturated carbocycles. The summed E-state index contributed by atoms with van der Waals surface area (Å²) in [6, 6.07) is 17.9. The summed E-state index contributed by atoms with van der Waals surface area (Å²) in [6.45, 7) is 0. The van der Waals surface area contributed by atoms with E-state index in [2.05, 4.69) is 12.1 Å². The molecular weight excluding hydrogens is 364 g/mol. The van der Waals surface area contributed by atoms with Crippen LogP contribution in [0.5, 0.6) is 11.5 Å². The van der Waals surface area contributed by atoms with Gasteiger partial charge in [0.25, 0.3) is 0 Å². The standard InChI is InChI=1S/C24H22N2O3/c1-27-18-8-3-15(4-9-18)13-17-7-12-20-22(16-5-10-19(28-2)11-6-16)21(14-25)24(26)29-23(17)20/h3-6,8-11,13,22H,7,12,26H2,1-2H3/b17-13+/t22-/m0/s1. The van der Waals surface area contributed by atoms with Crippen LogP contribution in [0.25, 0.3) is 6.08 Å². The number of methoxy groups -OCH3 is 2. The van der Waals surface area contributed by atoms with Gasteiger partial charge in [-0.2, -0.15) is 5.26 Å². The molecule has 0 fully saturated rings. The van der Waals surface area contributed by atoms with E-state index in [-0.39, 0.29) is 11.8 Å². The second kappa shape index (κ2) is 7.76. The zero-order chi connectivity index (χ0) is 20.4. The normalized spacial score (nSPS) is 19.6. The Balaban J connectivity index is 1.74. The van der Waals surface area contributed by atoms with E-state index in [1.807, 2.05) is 48.5 Å². The molecule has 146 valence electrons. The van der Waals surface area contributed by atoms with Crippen LogP contribution in [0.2, 0.25) is 0 Å². The molecule has 2 aliphatic rings. The van der Waals surface area contributed by atoms with E-state index >= 15 is 0 Å². The smallest absolute Gasteiger partial charge is 0.205 e. The van der Waals surface area contributed by atoms with Crippen molar-refractivity contribution >= 4 is 6.08 Å². The van der Waals surface area contributed by atoms with Crippen molar-refractivity contribution in [1.82, 2.24) is 0 Å². The fraction of sp³-hybridized carbons (Fsp3) is 0.208. The minimum atomic E-state index is -0.198. The number of allylic oxidation sites excluding steroid dienone is 3. The maximum atomic E-state index is 9.72. The van der Waals surface area contributed by atoms with E-state index in [4.69, 9.17) is 19.9 Å². The topological polar surface area (TPSA) is 77.5 Å².